The lowest BCUT2D eigenvalue weighted by atomic mass is 9.99. The second kappa shape index (κ2) is 26.5. The Hall–Kier alpha value is -1.06. The molecule has 0 N–H and O–H groups in total. The molecular weight excluding hydrogens is 424 g/mol. The van der Waals surface area contributed by atoms with Crippen molar-refractivity contribution in [3.05, 3.63) is 0 Å². The number of carbonyl (C=O) groups is 2. The van der Waals surface area contributed by atoms with Crippen molar-refractivity contribution in [1.29, 1.82) is 0 Å². The highest BCUT2D eigenvalue weighted by Gasteiger charge is 2.10. The van der Waals surface area contributed by atoms with Gasteiger partial charge in [-0.15, -0.1) is 0 Å². The first kappa shape index (κ1) is 32.9. The van der Waals surface area contributed by atoms with Gasteiger partial charge in [0.05, 0.1) is 13.2 Å². The van der Waals surface area contributed by atoms with Gasteiger partial charge in [0.15, 0.2) is 0 Å². The van der Waals surface area contributed by atoms with E-state index in [9.17, 15) is 9.59 Å². The van der Waals surface area contributed by atoms with Crippen molar-refractivity contribution >= 4 is 11.9 Å². The lowest BCUT2D eigenvalue weighted by molar-refractivity contribution is -0.145. The summed E-state index contributed by atoms with van der Waals surface area (Å²) in [4.78, 5) is 23.5. The largest absolute Gasteiger partial charge is 0.466 e. The SMILES string of the molecule is CCCCCCOC(=O)CCCCCCCCCCCCCC(C)CC(=O)OCCCCCC. The van der Waals surface area contributed by atoms with Gasteiger partial charge in [-0.05, 0) is 25.2 Å². The average Bonchev–Trinajstić information content (AvgIpc) is 2.81. The molecule has 0 aliphatic rings. The third-order valence-corrected chi connectivity index (χ3v) is 6.61. The maximum atomic E-state index is 11.9. The van der Waals surface area contributed by atoms with Gasteiger partial charge in [0, 0.05) is 12.8 Å². The van der Waals surface area contributed by atoms with Gasteiger partial charge in [-0.25, -0.2) is 0 Å². The number of unbranched alkanes of at least 4 members (excludes halogenated alkanes) is 16. The molecule has 0 aromatic rings. The Morgan fingerprint density at radius 1 is 0.529 bits per heavy atom. The predicted octanol–water partition coefficient (Wildman–Crippen LogP) is 9.33. The molecule has 34 heavy (non-hydrogen) atoms. The van der Waals surface area contributed by atoms with Crippen LogP contribution in [0.25, 0.3) is 0 Å². The minimum Gasteiger partial charge on any atom is -0.466 e. The van der Waals surface area contributed by atoms with E-state index >= 15 is 0 Å². The van der Waals surface area contributed by atoms with Gasteiger partial charge >= 0.3 is 11.9 Å². The van der Waals surface area contributed by atoms with Crippen LogP contribution in [-0.4, -0.2) is 25.2 Å². The van der Waals surface area contributed by atoms with Crippen molar-refractivity contribution in [3.63, 3.8) is 0 Å². The molecule has 1 unspecified atom stereocenters. The molecule has 0 aliphatic carbocycles. The molecule has 0 aromatic carbocycles. The van der Waals surface area contributed by atoms with Crippen molar-refractivity contribution in [2.24, 2.45) is 5.92 Å². The number of hydrogen-bond acceptors (Lipinski definition) is 4. The van der Waals surface area contributed by atoms with E-state index in [-0.39, 0.29) is 11.9 Å². The van der Waals surface area contributed by atoms with Crippen LogP contribution in [0.1, 0.15) is 162 Å². The minimum atomic E-state index is -0.0123. The molecule has 0 saturated carbocycles. The van der Waals surface area contributed by atoms with Gasteiger partial charge in [0.25, 0.3) is 0 Å². The first-order chi connectivity index (χ1) is 16.6. The summed E-state index contributed by atoms with van der Waals surface area (Å²) in [6.45, 7) is 7.76. The third-order valence-electron chi connectivity index (χ3n) is 6.61. The Morgan fingerprint density at radius 2 is 0.941 bits per heavy atom. The van der Waals surface area contributed by atoms with Crippen molar-refractivity contribution in [1.82, 2.24) is 0 Å². The first-order valence-corrected chi connectivity index (χ1v) is 14.9. The standard InChI is InChI=1S/C30H58O4/c1-4-6-8-21-25-33-29(31)24-20-18-16-14-12-10-11-13-15-17-19-23-28(3)27-30(32)34-26-22-9-7-5-2/h28H,4-27H2,1-3H3. The summed E-state index contributed by atoms with van der Waals surface area (Å²) in [5, 5.41) is 0. The molecule has 1 atom stereocenters. The highest BCUT2D eigenvalue weighted by molar-refractivity contribution is 5.69. The summed E-state index contributed by atoms with van der Waals surface area (Å²) in [7, 11) is 0. The van der Waals surface area contributed by atoms with Gasteiger partial charge < -0.3 is 9.47 Å². The number of carbonyl (C=O) groups excluding carboxylic acids is 2. The van der Waals surface area contributed by atoms with Gasteiger partial charge in [-0.2, -0.15) is 0 Å². The highest BCUT2D eigenvalue weighted by Crippen LogP contribution is 2.17. The molecular formula is C30H58O4. The van der Waals surface area contributed by atoms with Crippen LogP contribution in [0.3, 0.4) is 0 Å². The molecule has 4 nitrogen and oxygen atoms in total. The van der Waals surface area contributed by atoms with E-state index in [1.54, 1.807) is 0 Å². The van der Waals surface area contributed by atoms with Crippen LogP contribution in [0.5, 0.6) is 0 Å². The summed E-state index contributed by atoms with van der Waals surface area (Å²) in [6, 6.07) is 0. The molecule has 0 bridgehead atoms. The fourth-order valence-electron chi connectivity index (χ4n) is 4.30. The quantitative estimate of drug-likeness (QED) is 0.0910. The van der Waals surface area contributed by atoms with Crippen LogP contribution in [0, 0.1) is 5.92 Å². The molecule has 0 fully saturated rings. The fourth-order valence-corrected chi connectivity index (χ4v) is 4.30. The molecule has 0 amide bonds. The molecule has 0 heterocycles. The Bertz CT molecular complexity index is 449. The number of esters is 2. The van der Waals surface area contributed by atoms with E-state index in [1.165, 1.54) is 89.9 Å². The molecule has 0 saturated heterocycles. The van der Waals surface area contributed by atoms with Crippen LogP contribution in [0.4, 0.5) is 0 Å². The zero-order valence-electron chi connectivity index (χ0n) is 23.2. The predicted molar refractivity (Wildman–Crippen MR) is 144 cm³/mol. The molecule has 0 spiro atoms. The molecule has 0 radical (unpaired) electrons. The van der Waals surface area contributed by atoms with Crippen LogP contribution in [0.2, 0.25) is 0 Å². The summed E-state index contributed by atoms with van der Waals surface area (Å²) in [6.07, 6.45) is 25.3. The zero-order chi connectivity index (χ0) is 25.1. The average molecular weight is 483 g/mol. The van der Waals surface area contributed by atoms with Gasteiger partial charge in [0.1, 0.15) is 0 Å². The number of rotatable bonds is 26. The maximum absolute atomic E-state index is 11.9. The van der Waals surface area contributed by atoms with Crippen LogP contribution >= 0.6 is 0 Å². The van der Waals surface area contributed by atoms with Gasteiger partial charge in [0.2, 0.25) is 0 Å². The van der Waals surface area contributed by atoms with Crippen molar-refractivity contribution in [3.8, 4) is 0 Å². The normalized spacial score (nSPS) is 12.0. The summed E-state index contributed by atoms with van der Waals surface area (Å²) >= 11 is 0. The maximum Gasteiger partial charge on any atom is 0.306 e. The van der Waals surface area contributed by atoms with E-state index in [0.717, 1.165) is 38.5 Å². The summed E-state index contributed by atoms with van der Waals surface area (Å²) in [5.74, 6) is 0.418. The lowest BCUT2D eigenvalue weighted by Gasteiger charge is -2.11. The van der Waals surface area contributed by atoms with Crippen LogP contribution in [0.15, 0.2) is 0 Å². The molecule has 4 heteroatoms. The summed E-state index contributed by atoms with van der Waals surface area (Å²) in [5.41, 5.74) is 0. The monoisotopic (exact) mass is 482 g/mol. The van der Waals surface area contributed by atoms with E-state index in [0.29, 0.717) is 32.0 Å². The Balaban J connectivity index is 3.30. The summed E-state index contributed by atoms with van der Waals surface area (Å²) < 4.78 is 10.6. The van der Waals surface area contributed by atoms with Gasteiger partial charge in [-0.1, -0.05) is 130 Å². The Morgan fingerprint density at radius 3 is 1.44 bits per heavy atom. The minimum absolute atomic E-state index is 0.0105. The second-order valence-corrected chi connectivity index (χ2v) is 10.3. The van der Waals surface area contributed by atoms with Crippen molar-refractivity contribution < 1.29 is 19.1 Å². The Kier molecular flexibility index (Phi) is 25.7. The second-order valence-electron chi connectivity index (χ2n) is 10.3. The highest BCUT2D eigenvalue weighted by atomic mass is 16.5. The van der Waals surface area contributed by atoms with Crippen molar-refractivity contribution in [2.45, 2.75) is 162 Å². The number of ether oxygens (including phenoxy) is 2. The van der Waals surface area contributed by atoms with E-state index in [2.05, 4.69) is 20.8 Å². The number of hydrogen-bond donors (Lipinski definition) is 0. The molecule has 202 valence electrons. The fraction of sp³-hybridized carbons (Fsp3) is 0.933. The van der Waals surface area contributed by atoms with E-state index < -0.39 is 0 Å². The van der Waals surface area contributed by atoms with E-state index in [4.69, 9.17) is 9.47 Å². The van der Waals surface area contributed by atoms with Crippen LogP contribution < -0.4 is 0 Å². The zero-order valence-corrected chi connectivity index (χ0v) is 23.2. The third kappa shape index (κ3) is 25.6. The first-order valence-electron chi connectivity index (χ1n) is 14.9. The van der Waals surface area contributed by atoms with E-state index in [1.807, 2.05) is 0 Å². The topological polar surface area (TPSA) is 52.6 Å². The smallest absolute Gasteiger partial charge is 0.306 e. The van der Waals surface area contributed by atoms with Crippen LogP contribution in [-0.2, 0) is 19.1 Å². The Labute approximate surface area is 212 Å². The van der Waals surface area contributed by atoms with Crippen molar-refractivity contribution in [2.75, 3.05) is 13.2 Å². The molecule has 0 aliphatic heterocycles. The molecule has 0 rings (SSSR count). The van der Waals surface area contributed by atoms with Gasteiger partial charge in [-0.3, -0.25) is 9.59 Å². The molecule has 0 aromatic heterocycles. The lowest BCUT2D eigenvalue weighted by Crippen LogP contribution is -2.10.